The lowest BCUT2D eigenvalue weighted by molar-refractivity contribution is 0.0276. The maximum absolute atomic E-state index is 13.3. The monoisotopic (exact) mass is 430 g/mol. The summed E-state index contributed by atoms with van der Waals surface area (Å²) in [5.41, 5.74) is -0.551. The molecular formula is C22H27FN4O4. The third-order valence-corrected chi connectivity index (χ3v) is 5.63. The Morgan fingerprint density at radius 1 is 1.19 bits per heavy atom. The van der Waals surface area contributed by atoms with Crippen LogP contribution in [0.1, 0.15) is 33.6 Å². The summed E-state index contributed by atoms with van der Waals surface area (Å²) in [5.74, 6) is 0.265. The number of amides is 1. The minimum absolute atomic E-state index is 0.0306. The van der Waals surface area contributed by atoms with E-state index < -0.39 is 11.4 Å². The number of phenolic OH excluding ortho intramolecular Hbond substituents is 1. The second-order valence-electron chi connectivity index (χ2n) is 9.25. The first-order valence-corrected chi connectivity index (χ1v) is 10.3. The molecule has 0 aliphatic carbocycles. The molecule has 9 heteroatoms. The van der Waals surface area contributed by atoms with Crippen LogP contribution in [-0.4, -0.2) is 57.8 Å². The number of likely N-dealkylation sites (tertiary alicyclic amines) is 1. The van der Waals surface area contributed by atoms with Gasteiger partial charge in [0.25, 0.3) is 0 Å². The first-order valence-electron chi connectivity index (χ1n) is 10.3. The number of anilines is 1. The largest absolute Gasteiger partial charge is 0.504 e. The number of hydrogen-bond donors (Lipinski definition) is 1. The Bertz CT molecular complexity index is 980. The number of carbonyl (C=O) groups excluding carboxylic acids is 1. The topological polar surface area (TPSA) is 88.0 Å². The molecule has 3 heterocycles. The van der Waals surface area contributed by atoms with Gasteiger partial charge in [-0.15, -0.1) is 0 Å². The highest BCUT2D eigenvalue weighted by atomic mass is 19.1. The lowest BCUT2D eigenvalue weighted by Crippen LogP contribution is -2.37. The van der Waals surface area contributed by atoms with Gasteiger partial charge in [-0.2, -0.15) is 0 Å². The van der Waals surface area contributed by atoms with Crippen LogP contribution >= 0.6 is 0 Å². The van der Waals surface area contributed by atoms with E-state index in [1.54, 1.807) is 4.90 Å². The van der Waals surface area contributed by atoms with Crippen LogP contribution in [0.15, 0.2) is 30.7 Å². The van der Waals surface area contributed by atoms with E-state index in [1.807, 2.05) is 20.8 Å². The SMILES string of the molecule is CC(C)(C)OC(=O)N1CCC2(CCN(c3ncncc3Oc3ccc(F)cc3O)C2)C1. The van der Waals surface area contributed by atoms with Crippen molar-refractivity contribution in [2.75, 3.05) is 31.1 Å². The van der Waals surface area contributed by atoms with Crippen LogP contribution in [0.25, 0.3) is 0 Å². The molecule has 31 heavy (non-hydrogen) atoms. The minimum Gasteiger partial charge on any atom is -0.504 e. The number of hydrogen-bond acceptors (Lipinski definition) is 7. The highest BCUT2D eigenvalue weighted by Gasteiger charge is 2.46. The minimum atomic E-state index is -0.549. The van der Waals surface area contributed by atoms with Crippen LogP contribution in [0.3, 0.4) is 0 Å². The molecule has 0 radical (unpaired) electrons. The molecule has 0 saturated carbocycles. The second-order valence-corrected chi connectivity index (χ2v) is 9.25. The molecule has 2 fully saturated rings. The number of carbonyl (C=O) groups is 1. The van der Waals surface area contributed by atoms with Crippen LogP contribution in [0.5, 0.6) is 17.2 Å². The van der Waals surface area contributed by atoms with Crippen LogP contribution in [0.4, 0.5) is 15.0 Å². The summed E-state index contributed by atoms with van der Waals surface area (Å²) in [6, 6.07) is 3.57. The molecule has 2 aliphatic rings. The Balaban J connectivity index is 1.47. The molecule has 2 aliphatic heterocycles. The highest BCUT2D eigenvalue weighted by Crippen LogP contribution is 2.43. The van der Waals surface area contributed by atoms with E-state index in [-0.39, 0.29) is 23.0 Å². The molecule has 2 saturated heterocycles. The Kier molecular flexibility index (Phi) is 5.36. The number of benzene rings is 1. The zero-order chi connectivity index (χ0) is 22.2. The van der Waals surface area contributed by atoms with Crippen LogP contribution in [0.2, 0.25) is 0 Å². The van der Waals surface area contributed by atoms with Crippen LogP contribution in [0, 0.1) is 11.2 Å². The van der Waals surface area contributed by atoms with E-state index in [0.717, 1.165) is 32.0 Å². The Labute approximate surface area is 180 Å². The number of aromatic hydroxyl groups is 1. The fourth-order valence-electron chi connectivity index (χ4n) is 4.18. The smallest absolute Gasteiger partial charge is 0.410 e. The van der Waals surface area contributed by atoms with Crippen molar-refractivity contribution in [1.82, 2.24) is 14.9 Å². The third kappa shape index (κ3) is 4.65. The molecular weight excluding hydrogens is 403 g/mol. The van der Waals surface area contributed by atoms with Crippen LogP contribution in [-0.2, 0) is 4.74 Å². The second kappa shape index (κ2) is 7.86. The average Bonchev–Trinajstić information content (AvgIpc) is 3.30. The molecule has 166 valence electrons. The molecule has 8 nitrogen and oxygen atoms in total. The van der Waals surface area contributed by atoms with Crippen molar-refractivity contribution in [2.45, 2.75) is 39.2 Å². The molecule has 1 amide bonds. The van der Waals surface area contributed by atoms with Gasteiger partial charge < -0.3 is 24.4 Å². The van der Waals surface area contributed by atoms with Gasteiger partial charge in [-0.1, -0.05) is 0 Å². The number of rotatable bonds is 3. The lowest BCUT2D eigenvalue weighted by Gasteiger charge is -2.27. The number of nitrogens with zero attached hydrogens (tertiary/aromatic N) is 4. The zero-order valence-electron chi connectivity index (χ0n) is 18.0. The van der Waals surface area contributed by atoms with Crippen LogP contribution < -0.4 is 9.64 Å². The summed E-state index contributed by atoms with van der Waals surface area (Å²) in [6.45, 7) is 8.37. The van der Waals surface area contributed by atoms with E-state index in [4.69, 9.17) is 9.47 Å². The number of ether oxygens (including phenoxy) is 2. The molecule has 1 aromatic carbocycles. The van der Waals surface area contributed by atoms with Crippen molar-refractivity contribution in [1.29, 1.82) is 0 Å². The molecule has 0 bridgehead atoms. The Hall–Kier alpha value is -3.10. The van der Waals surface area contributed by atoms with Gasteiger partial charge in [0.2, 0.25) is 0 Å². The third-order valence-electron chi connectivity index (χ3n) is 5.63. The van der Waals surface area contributed by atoms with Crippen molar-refractivity contribution < 1.29 is 23.8 Å². The fourth-order valence-corrected chi connectivity index (χ4v) is 4.18. The number of phenols is 1. The number of aromatic nitrogens is 2. The Morgan fingerprint density at radius 2 is 1.97 bits per heavy atom. The normalized spacial score (nSPS) is 21.0. The van der Waals surface area contributed by atoms with Gasteiger partial charge in [0.05, 0.1) is 6.20 Å². The first-order chi connectivity index (χ1) is 14.6. The summed E-state index contributed by atoms with van der Waals surface area (Å²) in [5, 5.41) is 9.97. The van der Waals surface area contributed by atoms with E-state index in [1.165, 1.54) is 24.7 Å². The summed E-state index contributed by atoms with van der Waals surface area (Å²) >= 11 is 0. The molecule has 1 atom stereocenters. The predicted octanol–water partition coefficient (Wildman–Crippen LogP) is 3.95. The van der Waals surface area contributed by atoms with E-state index in [0.29, 0.717) is 24.7 Å². The maximum Gasteiger partial charge on any atom is 0.410 e. The summed E-state index contributed by atoms with van der Waals surface area (Å²) < 4.78 is 24.6. The molecule has 4 rings (SSSR count). The lowest BCUT2D eigenvalue weighted by atomic mass is 9.86. The standard InChI is InChI=1S/C22H27FN4O4/c1-21(2,3)31-20(29)27-9-7-22(13-27)6-8-26(12-22)19-18(11-24-14-25-19)30-17-5-4-15(23)10-16(17)28/h4-5,10-11,14,28H,6-9,12-13H2,1-3H3. The van der Waals surface area contributed by atoms with E-state index >= 15 is 0 Å². The average molecular weight is 430 g/mol. The molecule has 2 aromatic rings. The van der Waals surface area contributed by atoms with Gasteiger partial charge in [-0.3, -0.25) is 0 Å². The van der Waals surface area contributed by atoms with Crippen molar-refractivity contribution >= 4 is 11.9 Å². The molecule has 1 spiro atoms. The summed E-state index contributed by atoms with van der Waals surface area (Å²) in [4.78, 5) is 24.8. The van der Waals surface area contributed by atoms with Gasteiger partial charge in [0.1, 0.15) is 17.7 Å². The maximum atomic E-state index is 13.3. The molecule has 1 N–H and O–H groups in total. The van der Waals surface area contributed by atoms with Crippen molar-refractivity contribution in [3.8, 4) is 17.2 Å². The highest BCUT2D eigenvalue weighted by molar-refractivity contribution is 5.68. The van der Waals surface area contributed by atoms with Gasteiger partial charge in [-0.25, -0.2) is 19.2 Å². The zero-order valence-corrected chi connectivity index (χ0v) is 18.0. The number of halogens is 1. The summed E-state index contributed by atoms with van der Waals surface area (Å²) in [7, 11) is 0. The van der Waals surface area contributed by atoms with Gasteiger partial charge >= 0.3 is 6.09 Å². The fraction of sp³-hybridized carbons (Fsp3) is 0.500. The van der Waals surface area contributed by atoms with E-state index in [9.17, 15) is 14.3 Å². The predicted molar refractivity (Wildman–Crippen MR) is 112 cm³/mol. The summed E-state index contributed by atoms with van der Waals surface area (Å²) in [6.07, 6.45) is 4.50. The van der Waals surface area contributed by atoms with Crippen molar-refractivity contribution in [3.05, 3.63) is 36.5 Å². The first kappa shape index (κ1) is 21.1. The quantitative estimate of drug-likeness (QED) is 0.789. The van der Waals surface area contributed by atoms with Gasteiger partial charge in [0, 0.05) is 37.7 Å². The van der Waals surface area contributed by atoms with Crippen molar-refractivity contribution in [3.63, 3.8) is 0 Å². The van der Waals surface area contributed by atoms with Gasteiger partial charge in [-0.05, 0) is 45.7 Å². The molecule has 1 unspecified atom stereocenters. The Morgan fingerprint density at radius 3 is 2.71 bits per heavy atom. The van der Waals surface area contributed by atoms with Gasteiger partial charge in [0.15, 0.2) is 23.1 Å². The molecule has 1 aromatic heterocycles. The van der Waals surface area contributed by atoms with Crippen molar-refractivity contribution in [2.24, 2.45) is 5.41 Å². The van der Waals surface area contributed by atoms with E-state index in [2.05, 4.69) is 14.9 Å².